The number of hydrogen-bond donors (Lipinski definition) is 0. The summed E-state index contributed by atoms with van der Waals surface area (Å²) >= 11 is 0. The molecule has 0 amide bonds. The molecule has 0 aliphatic rings. The van der Waals surface area contributed by atoms with Crippen LogP contribution in [0.5, 0.6) is 0 Å². The van der Waals surface area contributed by atoms with Gasteiger partial charge in [0.15, 0.2) is 12.1 Å². The number of carbonyl (C=O) groups excluding carboxylic acids is 1. The topological polar surface area (TPSA) is 52.1 Å². The molecule has 4 nitrogen and oxygen atoms in total. The van der Waals surface area contributed by atoms with E-state index in [1.165, 1.54) is 12.4 Å². The molecule has 0 spiro atoms. The van der Waals surface area contributed by atoms with Gasteiger partial charge in [-0.2, -0.15) is 0 Å². The van der Waals surface area contributed by atoms with Crippen LogP contribution in [-0.4, -0.2) is 23.4 Å². The number of hydrogen-bond acceptors (Lipinski definition) is 4. The van der Waals surface area contributed by atoms with Gasteiger partial charge >= 0.3 is 0 Å². The number of aromatic nitrogens is 2. The molecule has 1 heterocycles. The van der Waals surface area contributed by atoms with Gasteiger partial charge in [0.1, 0.15) is 6.61 Å². The van der Waals surface area contributed by atoms with Gasteiger partial charge < -0.3 is 4.74 Å². The number of rotatable bonds is 3. The van der Waals surface area contributed by atoms with E-state index < -0.39 is 0 Å². The summed E-state index contributed by atoms with van der Waals surface area (Å²) in [6.45, 7) is 0.374. The Kier molecular flexibility index (Phi) is 2.68. The zero-order valence-corrected chi connectivity index (χ0v) is 6.15. The van der Waals surface area contributed by atoms with Crippen LogP contribution < -0.4 is 0 Å². The Balaban J connectivity index is 2.74. The smallest absolute Gasteiger partial charge is 0.153 e. The molecular formula is C7H8N2O2. The molecule has 0 atom stereocenters. The second-order valence-electron chi connectivity index (χ2n) is 1.98. The second kappa shape index (κ2) is 3.78. The van der Waals surface area contributed by atoms with Gasteiger partial charge in [0, 0.05) is 19.5 Å². The number of carbonyl (C=O) groups is 1. The van der Waals surface area contributed by atoms with Crippen molar-refractivity contribution in [3.8, 4) is 0 Å². The Hall–Kier alpha value is -1.29. The van der Waals surface area contributed by atoms with Crippen molar-refractivity contribution in [1.29, 1.82) is 0 Å². The molecule has 0 bridgehead atoms. The van der Waals surface area contributed by atoms with E-state index in [4.69, 9.17) is 4.74 Å². The van der Waals surface area contributed by atoms with E-state index in [0.717, 1.165) is 0 Å². The van der Waals surface area contributed by atoms with Crippen LogP contribution in [0.3, 0.4) is 0 Å². The zero-order chi connectivity index (χ0) is 8.10. The average Bonchev–Trinajstić information content (AvgIpc) is 2.07. The summed E-state index contributed by atoms with van der Waals surface area (Å²) in [5, 5.41) is 0. The molecule has 0 saturated carbocycles. The first kappa shape index (κ1) is 7.81. The van der Waals surface area contributed by atoms with E-state index in [1.807, 2.05) is 0 Å². The highest BCUT2D eigenvalue weighted by Gasteiger charge is 1.94. The standard InChI is InChI=1S/C7H8N2O2/c1-11-5-7-8-2-6(4-10)3-9-7/h2-4H,5H2,1H3. The minimum atomic E-state index is 0.374. The zero-order valence-electron chi connectivity index (χ0n) is 6.15. The number of nitrogens with zero attached hydrogens (tertiary/aromatic N) is 2. The maximum absolute atomic E-state index is 10.2. The van der Waals surface area contributed by atoms with Crippen LogP contribution in [0.25, 0.3) is 0 Å². The van der Waals surface area contributed by atoms with Crippen LogP contribution in [0.1, 0.15) is 16.2 Å². The normalized spacial score (nSPS) is 9.55. The summed E-state index contributed by atoms with van der Waals surface area (Å²) < 4.78 is 4.79. The van der Waals surface area contributed by atoms with Crippen LogP contribution >= 0.6 is 0 Å². The number of methoxy groups -OCH3 is 1. The summed E-state index contributed by atoms with van der Waals surface area (Å²) in [6, 6.07) is 0. The molecule has 1 aromatic rings. The third-order valence-electron chi connectivity index (χ3n) is 1.13. The van der Waals surface area contributed by atoms with Crippen LogP contribution in [0, 0.1) is 0 Å². The van der Waals surface area contributed by atoms with E-state index >= 15 is 0 Å². The van der Waals surface area contributed by atoms with Crippen LogP contribution in [0.4, 0.5) is 0 Å². The van der Waals surface area contributed by atoms with Gasteiger partial charge in [0.05, 0.1) is 5.56 Å². The average molecular weight is 152 g/mol. The Morgan fingerprint density at radius 3 is 2.64 bits per heavy atom. The maximum Gasteiger partial charge on any atom is 0.153 e. The fourth-order valence-electron chi connectivity index (χ4n) is 0.629. The van der Waals surface area contributed by atoms with Gasteiger partial charge in [-0.3, -0.25) is 4.79 Å². The van der Waals surface area contributed by atoms with Crippen molar-refractivity contribution in [1.82, 2.24) is 9.97 Å². The fourth-order valence-corrected chi connectivity index (χ4v) is 0.629. The highest BCUT2D eigenvalue weighted by atomic mass is 16.5. The molecule has 1 rings (SSSR count). The molecule has 0 aromatic carbocycles. The number of aldehydes is 1. The molecule has 58 valence electrons. The van der Waals surface area contributed by atoms with Crippen molar-refractivity contribution < 1.29 is 9.53 Å². The molecule has 0 radical (unpaired) electrons. The van der Waals surface area contributed by atoms with Gasteiger partial charge in [0.25, 0.3) is 0 Å². The molecule has 0 saturated heterocycles. The van der Waals surface area contributed by atoms with E-state index in [2.05, 4.69) is 9.97 Å². The molecule has 0 unspecified atom stereocenters. The van der Waals surface area contributed by atoms with Gasteiger partial charge in [-0.05, 0) is 0 Å². The van der Waals surface area contributed by atoms with E-state index in [-0.39, 0.29) is 0 Å². The molecule has 0 aliphatic heterocycles. The molecular weight excluding hydrogens is 144 g/mol. The third-order valence-corrected chi connectivity index (χ3v) is 1.13. The fraction of sp³-hybridized carbons (Fsp3) is 0.286. The van der Waals surface area contributed by atoms with Crippen molar-refractivity contribution >= 4 is 6.29 Å². The quantitative estimate of drug-likeness (QED) is 0.589. The van der Waals surface area contributed by atoms with E-state index in [0.29, 0.717) is 24.3 Å². The molecule has 11 heavy (non-hydrogen) atoms. The SMILES string of the molecule is COCc1ncc(C=O)cn1. The van der Waals surface area contributed by atoms with Crippen molar-refractivity contribution in [2.24, 2.45) is 0 Å². The third kappa shape index (κ3) is 2.09. The second-order valence-corrected chi connectivity index (χ2v) is 1.98. The molecule has 0 fully saturated rings. The van der Waals surface area contributed by atoms with E-state index in [9.17, 15) is 4.79 Å². The lowest BCUT2D eigenvalue weighted by Crippen LogP contribution is -1.96. The number of ether oxygens (including phenoxy) is 1. The lowest BCUT2D eigenvalue weighted by Gasteiger charge is -1.95. The van der Waals surface area contributed by atoms with Crippen molar-refractivity contribution in [3.63, 3.8) is 0 Å². The van der Waals surface area contributed by atoms with E-state index in [1.54, 1.807) is 7.11 Å². The lowest BCUT2D eigenvalue weighted by atomic mass is 10.4. The first-order valence-electron chi connectivity index (χ1n) is 3.12. The van der Waals surface area contributed by atoms with Gasteiger partial charge in [-0.25, -0.2) is 9.97 Å². The summed E-state index contributed by atoms with van der Waals surface area (Å²) in [5.74, 6) is 0.582. The van der Waals surface area contributed by atoms with Gasteiger partial charge in [0.2, 0.25) is 0 Å². The molecule has 4 heteroatoms. The predicted molar refractivity (Wildman–Crippen MR) is 38.1 cm³/mol. The van der Waals surface area contributed by atoms with Crippen molar-refractivity contribution in [2.75, 3.05) is 7.11 Å². The summed E-state index contributed by atoms with van der Waals surface area (Å²) in [7, 11) is 1.57. The highest BCUT2D eigenvalue weighted by molar-refractivity contribution is 5.73. The minimum Gasteiger partial charge on any atom is -0.377 e. The van der Waals surface area contributed by atoms with Crippen molar-refractivity contribution in [3.05, 3.63) is 23.8 Å². The molecule has 1 aromatic heterocycles. The van der Waals surface area contributed by atoms with Crippen LogP contribution in [0.2, 0.25) is 0 Å². The summed E-state index contributed by atoms with van der Waals surface area (Å²) in [5.41, 5.74) is 0.477. The first-order valence-corrected chi connectivity index (χ1v) is 3.12. The molecule has 0 N–H and O–H groups in total. The monoisotopic (exact) mass is 152 g/mol. The lowest BCUT2D eigenvalue weighted by molar-refractivity contribution is 0.112. The van der Waals surface area contributed by atoms with Crippen molar-refractivity contribution in [2.45, 2.75) is 6.61 Å². The Morgan fingerprint density at radius 2 is 2.18 bits per heavy atom. The highest BCUT2D eigenvalue weighted by Crippen LogP contribution is 1.93. The van der Waals surface area contributed by atoms with Crippen LogP contribution in [0.15, 0.2) is 12.4 Å². The Labute approximate surface area is 64.2 Å². The molecule has 0 aliphatic carbocycles. The minimum absolute atomic E-state index is 0.374. The predicted octanol–water partition coefficient (Wildman–Crippen LogP) is 0.435. The maximum atomic E-state index is 10.2. The Morgan fingerprint density at radius 1 is 1.55 bits per heavy atom. The largest absolute Gasteiger partial charge is 0.377 e. The first-order chi connectivity index (χ1) is 5.36. The summed E-state index contributed by atoms with van der Waals surface area (Å²) in [4.78, 5) is 17.9. The Bertz CT molecular complexity index is 233. The van der Waals surface area contributed by atoms with Gasteiger partial charge in [-0.15, -0.1) is 0 Å². The van der Waals surface area contributed by atoms with Gasteiger partial charge in [-0.1, -0.05) is 0 Å². The van der Waals surface area contributed by atoms with Crippen LogP contribution in [-0.2, 0) is 11.3 Å². The summed E-state index contributed by atoms with van der Waals surface area (Å²) in [6.07, 6.45) is 3.64.